The van der Waals surface area contributed by atoms with Crippen LogP contribution in [-0.4, -0.2) is 28.5 Å². The summed E-state index contributed by atoms with van der Waals surface area (Å²) >= 11 is 0. The van der Waals surface area contributed by atoms with E-state index >= 15 is 0 Å². The number of methoxy groups -OCH3 is 1. The van der Waals surface area contributed by atoms with Crippen molar-refractivity contribution in [1.82, 2.24) is 9.97 Å². The summed E-state index contributed by atoms with van der Waals surface area (Å²) in [5.41, 5.74) is 0.999. The van der Waals surface area contributed by atoms with Gasteiger partial charge in [0, 0.05) is 6.07 Å². The van der Waals surface area contributed by atoms with E-state index in [2.05, 4.69) is 9.97 Å². The number of ether oxygens (including phenoxy) is 1. The summed E-state index contributed by atoms with van der Waals surface area (Å²) in [6, 6.07) is 3.31. The molecule has 0 radical (unpaired) electrons. The predicted octanol–water partition coefficient (Wildman–Crippen LogP) is 1.16. The Balaban J connectivity index is 2.81. The second kappa shape index (κ2) is 3.53. The van der Waals surface area contributed by atoms with Gasteiger partial charge in [-0.2, -0.15) is 0 Å². The van der Waals surface area contributed by atoms with Crippen LogP contribution in [0, 0.1) is 0 Å². The van der Waals surface area contributed by atoms with Crippen LogP contribution >= 0.6 is 0 Å². The fourth-order valence-corrected chi connectivity index (χ4v) is 1.29. The molecule has 0 saturated heterocycles. The molecule has 2 rings (SSSR count). The molecule has 0 spiro atoms. The second-order valence-electron chi connectivity index (χ2n) is 2.90. The third-order valence-corrected chi connectivity index (χ3v) is 2.03. The van der Waals surface area contributed by atoms with Crippen molar-refractivity contribution in [3.8, 4) is 11.6 Å². The Hall–Kier alpha value is -2.17. The number of aromatic hydroxyl groups is 1. The molecule has 0 fully saturated rings. The van der Waals surface area contributed by atoms with Gasteiger partial charge in [0.2, 0.25) is 5.88 Å². The number of aldehydes is 1. The molecule has 0 aliphatic carbocycles. The molecule has 0 atom stereocenters. The molecule has 0 saturated carbocycles. The van der Waals surface area contributed by atoms with Crippen molar-refractivity contribution in [3.05, 3.63) is 23.9 Å². The molecule has 0 aromatic carbocycles. The molecule has 5 heteroatoms. The highest BCUT2D eigenvalue weighted by molar-refractivity contribution is 5.96. The average molecular weight is 204 g/mol. The maximum absolute atomic E-state index is 10.8. The van der Waals surface area contributed by atoms with Gasteiger partial charge in [-0.05, 0) is 6.07 Å². The highest BCUT2D eigenvalue weighted by Gasteiger charge is 2.09. The third-order valence-electron chi connectivity index (χ3n) is 2.03. The predicted molar refractivity (Wildman–Crippen MR) is 53.1 cm³/mol. The number of fused-ring (bicyclic) bond motifs is 1. The number of nitrogens with zero attached hydrogens (tertiary/aromatic N) is 2. The van der Waals surface area contributed by atoms with Gasteiger partial charge in [-0.25, -0.2) is 4.98 Å². The first-order valence-electron chi connectivity index (χ1n) is 4.24. The van der Waals surface area contributed by atoms with Crippen LogP contribution in [0.15, 0.2) is 18.3 Å². The molecular weight excluding hydrogens is 196 g/mol. The Kier molecular flexibility index (Phi) is 2.21. The van der Waals surface area contributed by atoms with Gasteiger partial charge in [0.15, 0.2) is 6.29 Å². The Morgan fingerprint density at radius 3 is 2.93 bits per heavy atom. The minimum atomic E-state index is -0.182. The van der Waals surface area contributed by atoms with E-state index in [1.807, 2.05) is 0 Å². The van der Waals surface area contributed by atoms with Gasteiger partial charge in [0.1, 0.15) is 11.3 Å². The fourth-order valence-electron chi connectivity index (χ4n) is 1.29. The van der Waals surface area contributed by atoms with E-state index in [4.69, 9.17) is 4.74 Å². The summed E-state index contributed by atoms with van der Waals surface area (Å²) in [5.74, 6) is 0.191. The van der Waals surface area contributed by atoms with Crippen LogP contribution in [0.3, 0.4) is 0 Å². The Bertz CT molecular complexity index is 525. The Morgan fingerprint density at radius 1 is 1.47 bits per heavy atom. The SMILES string of the molecule is COc1ccc2ncc(O)c(C=O)c2n1. The molecular formula is C10H8N2O3. The van der Waals surface area contributed by atoms with Gasteiger partial charge in [-0.3, -0.25) is 9.78 Å². The van der Waals surface area contributed by atoms with Crippen LogP contribution in [0.5, 0.6) is 11.6 Å². The summed E-state index contributed by atoms with van der Waals surface area (Å²) in [7, 11) is 1.48. The molecule has 0 amide bonds. The second-order valence-corrected chi connectivity index (χ2v) is 2.90. The van der Waals surface area contributed by atoms with Gasteiger partial charge < -0.3 is 9.84 Å². The first-order chi connectivity index (χ1) is 7.26. The van der Waals surface area contributed by atoms with Crippen LogP contribution in [0.4, 0.5) is 0 Å². The zero-order valence-corrected chi connectivity index (χ0v) is 7.97. The van der Waals surface area contributed by atoms with Gasteiger partial charge in [0.25, 0.3) is 0 Å². The summed E-state index contributed by atoms with van der Waals surface area (Å²) in [6.45, 7) is 0. The molecule has 0 unspecified atom stereocenters. The smallest absolute Gasteiger partial charge is 0.213 e. The van der Waals surface area contributed by atoms with Crippen molar-refractivity contribution in [2.45, 2.75) is 0 Å². The molecule has 76 valence electrons. The van der Waals surface area contributed by atoms with Gasteiger partial charge >= 0.3 is 0 Å². The van der Waals surface area contributed by atoms with Crippen molar-refractivity contribution in [2.75, 3.05) is 7.11 Å². The van der Waals surface area contributed by atoms with Crippen LogP contribution in [0.2, 0.25) is 0 Å². The van der Waals surface area contributed by atoms with E-state index in [-0.39, 0.29) is 11.3 Å². The van der Waals surface area contributed by atoms with Crippen molar-refractivity contribution in [3.63, 3.8) is 0 Å². The van der Waals surface area contributed by atoms with Crippen LogP contribution in [-0.2, 0) is 0 Å². The first kappa shape index (κ1) is 9.39. The molecule has 2 aromatic heterocycles. The van der Waals surface area contributed by atoms with Crippen molar-refractivity contribution in [2.24, 2.45) is 0 Å². The van der Waals surface area contributed by atoms with E-state index in [0.29, 0.717) is 23.2 Å². The normalized spacial score (nSPS) is 10.2. The molecule has 0 aliphatic rings. The summed E-state index contributed by atoms with van der Waals surface area (Å²) in [4.78, 5) is 18.8. The van der Waals surface area contributed by atoms with Gasteiger partial charge in [0.05, 0.1) is 24.4 Å². The van der Waals surface area contributed by atoms with Crippen LogP contribution < -0.4 is 4.74 Å². The van der Waals surface area contributed by atoms with Gasteiger partial charge in [-0.15, -0.1) is 0 Å². The lowest BCUT2D eigenvalue weighted by Gasteiger charge is -2.03. The Morgan fingerprint density at radius 2 is 2.27 bits per heavy atom. The van der Waals surface area contributed by atoms with Crippen LogP contribution in [0.25, 0.3) is 11.0 Å². The quantitative estimate of drug-likeness (QED) is 0.743. The standard InChI is InChI=1S/C10H8N2O3/c1-15-9-3-2-7-10(12-9)6(5-13)8(14)4-11-7/h2-5,14H,1H3. The largest absolute Gasteiger partial charge is 0.505 e. The lowest BCUT2D eigenvalue weighted by Crippen LogP contribution is -1.93. The maximum atomic E-state index is 10.8. The average Bonchev–Trinajstić information content (AvgIpc) is 2.28. The topological polar surface area (TPSA) is 72.3 Å². The number of carbonyl (C=O) groups is 1. The van der Waals surface area contributed by atoms with Crippen LogP contribution in [0.1, 0.15) is 10.4 Å². The molecule has 1 N–H and O–H groups in total. The van der Waals surface area contributed by atoms with E-state index in [9.17, 15) is 9.90 Å². The number of carbonyl (C=O) groups excluding carboxylic acids is 1. The minimum Gasteiger partial charge on any atom is -0.505 e. The summed E-state index contributed by atoms with van der Waals surface area (Å²) in [5, 5.41) is 9.40. The number of hydrogen-bond acceptors (Lipinski definition) is 5. The molecule has 0 bridgehead atoms. The van der Waals surface area contributed by atoms with E-state index in [0.717, 1.165) is 0 Å². The number of hydrogen-bond donors (Lipinski definition) is 1. The number of pyridine rings is 2. The van der Waals surface area contributed by atoms with E-state index in [1.54, 1.807) is 12.1 Å². The monoisotopic (exact) mass is 204 g/mol. The highest BCUT2D eigenvalue weighted by Crippen LogP contribution is 2.23. The Labute approximate surface area is 85.4 Å². The lowest BCUT2D eigenvalue weighted by atomic mass is 10.2. The highest BCUT2D eigenvalue weighted by atomic mass is 16.5. The number of rotatable bonds is 2. The molecule has 5 nitrogen and oxygen atoms in total. The van der Waals surface area contributed by atoms with E-state index < -0.39 is 0 Å². The third kappa shape index (κ3) is 1.48. The van der Waals surface area contributed by atoms with Crippen molar-refractivity contribution < 1.29 is 14.6 Å². The first-order valence-corrected chi connectivity index (χ1v) is 4.24. The molecule has 2 aromatic rings. The molecule has 0 aliphatic heterocycles. The van der Waals surface area contributed by atoms with Gasteiger partial charge in [-0.1, -0.05) is 0 Å². The summed E-state index contributed by atoms with van der Waals surface area (Å²) in [6.07, 6.45) is 1.77. The maximum Gasteiger partial charge on any atom is 0.213 e. The fraction of sp³-hybridized carbons (Fsp3) is 0.100. The summed E-state index contributed by atoms with van der Waals surface area (Å²) < 4.78 is 4.93. The van der Waals surface area contributed by atoms with Crippen molar-refractivity contribution in [1.29, 1.82) is 0 Å². The lowest BCUT2D eigenvalue weighted by molar-refractivity contribution is 0.112. The molecule has 15 heavy (non-hydrogen) atoms. The zero-order chi connectivity index (χ0) is 10.8. The number of aromatic nitrogens is 2. The molecule has 2 heterocycles. The van der Waals surface area contributed by atoms with Crippen molar-refractivity contribution >= 4 is 17.3 Å². The minimum absolute atomic E-state index is 0.124. The zero-order valence-electron chi connectivity index (χ0n) is 7.97. The van der Waals surface area contributed by atoms with E-state index in [1.165, 1.54) is 13.3 Å².